The minimum absolute atomic E-state index is 0.0466. The van der Waals surface area contributed by atoms with Crippen molar-refractivity contribution in [3.8, 4) is 5.69 Å². The number of urea groups is 1. The molecule has 35 heavy (non-hydrogen) atoms. The largest absolute Gasteiger partial charge is 0.337 e. The van der Waals surface area contributed by atoms with Gasteiger partial charge in [-0.2, -0.15) is 0 Å². The molecule has 0 aliphatic heterocycles. The predicted molar refractivity (Wildman–Crippen MR) is 139 cm³/mol. The number of sulfonamides is 1. The number of hydrogen-bond acceptors (Lipinski definition) is 6. The molecule has 2 aromatic carbocycles. The number of carbonyl (C=O) groups is 1. The standard InChI is InChI=1S/C25H27N5O3S2/c1-16-5-11-21(12-6-16)35(32,33)29-24(31)26-14-13-19-7-9-20(10-8-19)30-23-22(28-25(30)34-4)17(2)15-18(3)27-23/h5-12,15H,13-14H2,1-4H3,(H2,26,29,31). The lowest BCUT2D eigenvalue weighted by molar-refractivity contribution is 0.246. The van der Waals surface area contributed by atoms with E-state index in [-0.39, 0.29) is 4.90 Å². The van der Waals surface area contributed by atoms with Gasteiger partial charge in [-0.15, -0.1) is 0 Å². The highest BCUT2D eigenvalue weighted by Crippen LogP contribution is 2.28. The molecule has 182 valence electrons. The second-order valence-corrected chi connectivity index (χ2v) is 10.7. The van der Waals surface area contributed by atoms with Crippen LogP contribution in [0.5, 0.6) is 0 Å². The normalized spacial score (nSPS) is 11.5. The van der Waals surface area contributed by atoms with Crippen molar-refractivity contribution in [2.45, 2.75) is 37.2 Å². The zero-order valence-corrected chi connectivity index (χ0v) is 21.6. The van der Waals surface area contributed by atoms with E-state index in [0.717, 1.165) is 44.4 Å². The highest BCUT2D eigenvalue weighted by Gasteiger charge is 2.17. The maximum Gasteiger partial charge on any atom is 0.328 e. The summed E-state index contributed by atoms with van der Waals surface area (Å²) in [5.74, 6) is 0. The Bertz CT molecular complexity index is 1480. The Balaban J connectivity index is 1.41. The molecular formula is C25H27N5O3S2. The van der Waals surface area contributed by atoms with Gasteiger partial charge in [0.15, 0.2) is 10.8 Å². The molecule has 4 rings (SSSR count). The summed E-state index contributed by atoms with van der Waals surface area (Å²) in [5.41, 5.74) is 6.64. The molecule has 2 N–H and O–H groups in total. The fourth-order valence-electron chi connectivity index (χ4n) is 3.78. The number of hydrogen-bond donors (Lipinski definition) is 2. The van der Waals surface area contributed by atoms with Crippen LogP contribution in [0.3, 0.4) is 0 Å². The highest BCUT2D eigenvalue weighted by molar-refractivity contribution is 7.98. The van der Waals surface area contributed by atoms with E-state index in [4.69, 9.17) is 9.97 Å². The minimum atomic E-state index is -3.91. The van der Waals surface area contributed by atoms with Crippen molar-refractivity contribution in [2.24, 2.45) is 0 Å². The molecule has 2 aromatic heterocycles. The van der Waals surface area contributed by atoms with Crippen molar-refractivity contribution >= 4 is 39.0 Å². The number of aromatic nitrogens is 3. The van der Waals surface area contributed by atoms with E-state index in [0.29, 0.717) is 13.0 Å². The van der Waals surface area contributed by atoms with Gasteiger partial charge in [0.05, 0.1) is 4.90 Å². The molecule has 0 bridgehead atoms. The molecule has 10 heteroatoms. The quantitative estimate of drug-likeness (QED) is 0.360. The second kappa shape index (κ2) is 10.1. The first-order valence-electron chi connectivity index (χ1n) is 11.1. The number of imidazole rings is 1. The monoisotopic (exact) mass is 509 g/mol. The minimum Gasteiger partial charge on any atom is -0.337 e. The lowest BCUT2D eigenvalue weighted by atomic mass is 10.1. The first-order valence-corrected chi connectivity index (χ1v) is 13.8. The number of nitrogens with zero attached hydrogens (tertiary/aromatic N) is 3. The summed E-state index contributed by atoms with van der Waals surface area (Å²) in [4.78, 5) is 21.6. The molecule has 0 saturated carbocycles. The van der Waals surface area contributed by atoms with Crippen molar-refractivity contribution in [1.82, 2.24) is 24.6 Å². The first-order chi connectivity index (χ1) is 16.7. The van der Waals surface area contributed by atoms with Crippen LogP contribution >= 0.6 is 11.8 Å². The van der Waals surface area contributed by atoms with Gasteiger partial charge in [-0.1, -0.05) is 41.6 Å². The van der Waals surface area contributed by atoms with Gasteiger partial charge in [-0.05, 0) is 74.9 Å². The van der Waals surface area contributed by atoms with E-state index in [2.05, 4.69) is 5.32 Å². The molecule has 2 heterocycles. The molecule has 0 spiro atoms. The number of thioether (sulfide) groups is 1. The average Bonchev–Trinajstić information content (AvgIpc) is 3.18. The van der Waals surface area contributed by atoms with Crippen LogP contribution < -0.4 is 10.0 Å². The molecule has 2 amide bonds. The predicted octanol–water partition coefficient (Wildman–Crippen LogP) is 4.30. The highest BCUT2D eigenvalue weighted by atomic mass is 32.2. The first kappa shape index (κ1) is 24.7. The fraction of sp³-hybridized carbons (Fsp3) is 0.240. The molecular weight excluding hydrogens is 482 g/mol. The summed E-state index contributed by atoms with van der Waals surface area (Å²) in [7, 11) is -3.91. The third-order valence-electron chi connectivity index (χ3n) is 5.54. The topological polar surface area (TPSA) is 106 Å². The smallest absolute Gasteiger partial charge is 0.328 e. The van der Waals surface area contributed by atoms with Crippen molar-refractivity contribution in [2.75, 3.05) is 12.8 Å². The van der Waals surface area contributed by atoms with E-state index in [1.54, 1.807) is 23.9 Å². The zero-order valence-electron chi connectivity index (χ0n) is 20.0. The van der Waals surface area contributed by atoms with Gasteiger partial charge >= 0.3 is 6.03 Å². The number of pyridine rings is 1. The van der Waals surface area contributed by atoms with Crippen LogP contribution in [0.2, 0.25) is 0 Å². The van der Waals surface area contributed by atoms with Gasteiger partial charge in [0.1, 0.15) is 5.52 Å². The van der Waals surface area contributed by atoms with E-state index < -0.39 is 16.1 Å². The lowest BCUT2D eigenvalue weighted by Crippen LogP contribution is -2.40. The summed E-state index contributed by atoms with van der Waals surface area (Å²) < 4.78 is 28.8. The number of benzene rings is 2. The van der Waals surface area contributed by atoms with Crippen molar-refractivity contribution in [3.05, 3.63) is 77.0 Å². The lowest BCUT2D eigenvalue weighted by Gasteiger charge is -2.10. The molecule has 0 aliphatic carbocycles. The summed E-state index contributed by atoms with van der Waals surface area (Å²) in [6.07, 6.45) is 2.54. The van der Waals surface area contributed by atoms with E-state index in [9.17, 15) is 13.2 Å². The molecule has 0 atom stereocenters. The van der Waals surface area contributed by atoms with Gasteiger partial charge in [-0.3, -0.25) is 4.57 Å². The number of fused-ring (bicyclic) bond motifs is 1. The Kier molecular flexibility index (Phi) is 7.13. The number of aryl methyl sites for hydroxylation is 3. The van der Waals surface area contributed by atoms with Crippen LogP contribution in [-0.2, 0) is 16.4 Å². The van der Waals surface area contributed by atoms with Crippen LogP contribution in [0.15, 0.2) is 64.6 Å². The number of amides is 2. The Morgan fingerprint density at radius 1 is 1.00 bits per heavy atom. The average molecular weight is 510 g/mol. The zero-order chi connectivity index (χ0) is 25.2. The van der Waals surface area contributed by atoms with Gasteiger partial charge in [0.25, 0.3) is 10.0 Å². The Labute approximate surface area is 209 Å². The van der Waals surface area contributed by atoms with Crippen LogP contribution in [-0.4, -0.2) is 41.8 Å². The third kappa shape index (κ3) is 5.49. The molecule has 0 saturated heterocycles. The molecule has 0 aliphatic rings. The van der Waals surface area contributed by atoms with Crippen LogP contribution in [0.4, 0.5) is 4.79 Å². The Morgan fingerprint density at radius 3 is 2.34 bits per heavy atom. The summed E-state index contributed by atoms with van der Waals surface area (Å²) in [6, 6.07) is 15.5. The van der Waals surface area contributed by atoms with E-state index in [1.165, 1.54) is 12.1 Å². The Morgan fingerprint density at radius 2 is 1.69 bits per heavy atom. The molecule has 0 fully saturated rings. The molecule has 0 radical (unpaired) electrons. The number of carbonyl (C=O) groups excluding carboxylic acids is 1. The SMILES string of the molecule is CSc1nc2c(C)cc(C)nc2n1-c1ccc(CCNC(=O)NS(=O)(=O)c2ccc(C)cc2)cc1. The molecule has 8 nitrogen and oxygen atoms in total. The van der Waals surface area contributed by atoms with Crippen LogP contribution in [0, 0.1) is 20.8 Å². The maximum absolute atomic E-state index is 12.3. The third-order valence-corrected chi connectivity index (χ3v) is 7.52. The van der Waals surface area contributed by atoms with Gasteiger partial charge in [-0.25, -0.2) is 27.9 Å². The van der Waals surface area contributed by atoms with Gasteiger partial charge in [0.2, 0.25) is 0 Å². The van der Waals surface area contributed by atoms with Gasteiger partial charge in [0, 0.05) is 17.9 Å². The van der Waals surface area contributed by atoms with Crippen molar-refractivity contribution in [1.29, 1.82) is 0 Å². The molecule has 0 unspecified atom stereocenters. The van der Waals surface area contributed by atoms with Crippen molar-refractivity contribution in [3.63, 3.8) is 0 Å². The maximum atomic E-state index is 12.3. The fourth-order valence-corrected chi connectivity index (χ4v) is 5.26. The number of rotatable bonds is 7. The summed E-state index contributed by atoms with van der Waals surface area (Å²) in [5, 5.41) is 3.47. The summed E-state index contributed by atoms with van der Waals surface area (Å²) in [6.45, 7) is 6.16. The molecule has 4 aromatic rings. The van der Waals surface area contributed by atoms with E-state index in [1.807, 2.05) is 66.6 Å². The summed E-state index contributed by atoms with van der Waals surface area (Å²) >= 11 is 1.56. The number of nitrogens with one attached hydrogen (secondary N) is 2. The second-order valence-electron chi connectivity index (χ2n) is 8.28. The van der Waals surface area contributed by atoms with E-state index >= 15 is 0 Å². The van der Waals surface area contributed by atoms with Crippen LogP contribution in [0.25, 0.3) is 16.9 Å². The van der Waals surface area contributed by atoms with Crippen LogP contribution in [0.1, 0.15) is 22.4 Å². The van der Waals surface area contributed by atoms with Crippen molar-refractivity contribution < 1.29 is 13.2 Å². The Hall–Kier alpha value is -3.37. The van der Waals surface area contributed by atoms with Gasteiger partial charge < -0.3 is 5.32 Å².